The fraction of sp³-hybridized carbons (Fsp3) is 0.889. The molecule has 0 aliphatic heterocycles. The summed E-state index contributed by atoms with van der Waals surface area (Å²) in [7, 11) is 0.696. The average molecular weight is 268 g/mol. The second-order valence-electron chi connectivity index (χ2n) is 3.39. The predicted molar refractivity (Wildman–Crippen MR) is 62.7 cm³/mol. The molecule has 0 saturated carbocycles. The molecule has 8 heteroatoms. The zero-order valence-corrected chi connectivity index (χ0v) is 11.2. The Balaban J connectivity index is 3.99. The van der Waals surface area contributed by atoms with Crippen molar-refractivity contribution >= 4 is 16.2 Å². The number of methoxy groups -OCH3 is 2. The van der Waals surface area contributed by atoms with Gasteiger partial charge in [0.15, 0.2) is 0 Å². The Hall–Kier alpha value is -0.700. The van der Waals surface area contributed by atoms with E-state index in [0.717, 1.165) is 4.31 Å². The summed E-state index contributed by atoms with van der Waals surface area (Å²) in [5.41, 5.74) is 0. The minimum absolute atomic E-state index is 0.0337. The quantitative estimate of drug-likeness (QED) is 0.444. The zero-order chi connectivity index (χ0) is 13.3. The van der Waals surface area contributed by atoms with Crippen LogP contribution >= 0.6 is 0 Å². The molecule has 102 valence electrons. The molecule has 0 aromatic carbocycles. The Bertz CT molecular complexity index is 317. The highest BCUT2D eigenvalue weighted by Crippen LogP contribution is 1.97. The van der Waals surface area contributed by atoms with Crippen molar-refractivity contribution < 1.29 is 22.7 Å². The van der Waals surface area contributed by atoms with Crippen molar-refractivity contribution in [2.45, 2.75) is 12.8 Å². The lowest BCUT2D eigenvalue weighted by Crippen LogP contribution is -2.39. The standard InChI is InChI=1S/C9H20N2O5S/c1-11(7-5-9(12)16-3)17(13,14)10-6-4-8-15-2/h10H,4-8H2,1-3H3. The molecule has 0 amide bonds. The van der Waals surface area contributed by atoms with E-state index in [1.54, 1.807) is 7.11 Å². The number of rotatable bonds is 9. The van der Waals surface area contributed by atoms with E-state index in [1.165, 1.54) is 14.2 Å². The van der Waals surface area contributed by atoms with Crippen LogP contribution in [0.25, 0.3) is 0 Å². The Morgan fingerprint density at radius 2 is 2.00 bits per heavy atom. The first-order valence-corrected chi connectivity index (χ1v) is 6.64. The number of carbonyl (C=O) groups is 1. The Morgan fingerprint density at radius 3 is 2.53 bits per heavy atom. The highest BCUT2D eigenvalue weighted by Gasteiger charge is 2.17. The molecule has 0 aromatic heterocycles. The van der Waals surface area contributed by atoms with Gasteiger partial charge in [-0.05, 0) is 6.42 Å². The van der Waals surface area contributed by atoms with Crippen molar-refractivity contribution in [3.05, 3.63) is 0 Å². The van der Waals surface area contributed by atoms with E-state index in [0.29, 0.717) is 19.6 Å². The highest BCUT2D eigenvalue weighted by atomic mass is 32.2. The first kappa shape index (κ1) is 16.3. The summed E-state index contributed by atoms with van der Waals surface area (Å²) in [6.45, 7) is 0.888. The van der Waals surface area contributed by atoms with Crippen LogP contribution < -0.4 is 4.72 Å². The molecular formula is C9H20N2O5S. The normalized spacial score (nSPS) is 11.8. The topological polar surface area (TPSA) is 84.9 Å². The minimum atomic E-state index is -3.52. The molecule has 0 saturated heterocycles. The van der Waals surface area contributed by atoms with Gasteiger partial charge in [-0.15, -0.1) is 0 Å². The molecule has 0 spiro atoms. The molecule has 0 fully saturated rings. The predicted octanol–water partition coefficient (Wildman–Crippen LogP) is -0.648. The Kier molecular flexibility index (Phi) is 8.05. The van der Waals surface area contributed by atoms with Crippen LogP contribution in [0.1, 0.15) is 12.8 Å². The molecule has 0 radical (unpaired) electrons. The van der Waals surface area contributed by atoms with Gasteiger partial charge in [0.05, 0.1) is 13.5 Å². The van der Waals surface area contributed by atoms with Crippen LogP contribution in [-0.4, -0.2) is 59.7 Å². The van der Waals surface area contributed by atoms with Crippen LogP contribution in [0, 0.1) is 0 Å². The van der Waals surface area contributed by atoms with Gasteiger partial charge >= 0.3 is 5.97 Å². The molecule has 0 aromatic rings. The van der Waals surface area contributed by atoms with Crippen LogP contribution in [0.5, 0.6) is 0 Å². The molecule has 0 bridgehead atoms. The van der Waals surface area contributed by atoms with Crippen LogP contribution in [0.15, 0.2) is 0 Å². The van der Waals surface area contributed by atoms with Gasteiger partial charge in [-0.25, -0.2) is 4.72 Å². The molecule has 17 heavy (non-hydrogen) atoms. The summed E-state index contributed by atoms with van der Waals surface area (Å²) in [6.07, 6.45) is 0.632. The van der Waals surface area contributed by atoms with Crippen molar-refractivity contribution in [3.63, 3.8) is 0 Å². The number of hydrogen-bond donors (Lipinski definition) is 1. The Morgan fingerprint density at radius 1 is 1.35 bits per heavy atom. The van der Waals surface area contributed by atoms with Crippen LogP contribution in [-0.2, 0) is 24.5 Å². The van der Waals surface area contributed by atoms with Gasteiger partial charge in [0, 0.05) is 33.9 Å². The third-order valence-electron chi connectivity index (χ3n) is 2.08. The molecule has 1 N–H and O–H groups in total. The number of esters is 1. The van der Waals surface area contributed by atoms with Gasteiger partial charge in [0.25, 0.3) is 10.2 Å². The van der Waals surface area contributed by atoms with E-state index in [2.05, 4.69) is 9.46 Å². The molecule has 0 unspecified atom stereocenters. The largest absolute Gasteiger partial charge is 0.469 e. The van der Waals surface area contributed by atoms with Gasteiger partial charge in [-0.3, -0.25) is 4.79 Å². The molecule has 0 aliphatic rings. The minimum Gasteiger partial charge on any atom is -0.469 e. The van der Waals surface area contributed by atoms with Crippen molar-refractivity contribution in [1.82, 2.24) is 9.03 Å². The summed E-state index contributed by atoms with van der Waals surface area (Å²) in [6, 6.07) is 0. The fourth-order valence-electron chi connectivity index (χ4n) is 0.999. The van der Waals surface area contributed by atoms with E-state index in [1.807, 2.05) is 0 Å². The molecule has 0 aliphatic carbocycles. The lowest BCUT2D eigenvalue weighted by atomic mass is 10.4. The van der Waals surface area contributed by atoms with Gasteiger partial charge in [-0.1, -0.05) is 0 Å². The lowest BCUT2D eigenvalue weighted by Gasteiger charge is -2.16. The highest BCUT2D eigenvalue weighted by molar-refractivity contribution is 7.87. The number of nitrogens with one attached hydrogen (secondary N) is 1. The molecule has 7 nitrogen and oxygen atoms in total. The first-order valence-electron chi connectivity index (χ1n) is 5.20. The van der Waals surface area contributed by atoms with E-state index in [-0.39, 0.29) is 13.0 Å². The molecule has 0 rings (SSSR count). The summed E-state index contributed by atoms with van der Waals surface area (Å²) < 4.78 is 35.9. The van der Waals surface area contributed by atoms with Crippen molar-refractivity contribution in [2.75, 3.05) is 41.0 Å². The third-order valence-corrected chi connectivity index (χ3v) is 3.65. The molecule has 0 heterocycles. The lowest BCUT2D eigenvalue weighted by molar-refractivity contribution is -0.140. The van der Waals surface area contributed by atoms with Gasteiger partial charge in [-0.2, -0.15) is 12.7 Å². The van der Waals surface area contributed by atoms with Crippen LogP contribution in [0.4, 0.5) is 0 Å². The number of carbonyl (C=O) groups excluding carboxylic acids is 1. The summed E-state index contributed by atoms with van der Waals surface area (Å²) >= 11 is 0. The van der Waals surface area contributed by atoms with Crippen LogP contribution in [0.2, 0.25) is 0 Å². The SMILES string of the molecule is COCCCNS(=O)(=O)N(C)CCC(=O)OC. The fourth-order valence-corrected chi connectivity index (χ4v) is 1.95. The summed E-state index contributed by atoms with van der Waals surface area (Å²) in [5, 5.41) is 0. The number of hydrogen-bond acceptors (Lipinski definition) is 5. The summed E-state index contributed by atoms with van der Waals surface area (Å²) in [4.78, 5) is 10.9. The number of nitrogens with zero attached hydrogens (tertiary/aromatic N) is 1. The van der Waals surface area contributed by atoms with E-state index in [9.17, 15) is 13.2 Å². The first-order chi connectivity index (χ1) is 7.94. The van der Waals surface area contributed by atoms with E-state index < -0.39 is 16.2 Å². The van der Waals surface area contributed by atoms with E-state index in [4.69, 9.17) is 4.74 Å². The summed E-state index contributed by atoms with van der Waals surface area (Å²) in [5.74, 6) is -0.438. The van der Waals surface area contributed by atoms with Crippen molar-refractivity contribution in [2.24, 2.45) is 0 Å². The maximum atomic E-state index is 11.6. The molecule has 0 atom stereocenters. The molecular weight excluding hydrogens is 248 g/mol. The zero-order valence-electron chi connectivity index (χ0n) is 10.4. The van der Waals surface area contributed by atoms with E-state index >= 15 is 0 Å². The third kappa shape index (κ3) is 7.27. The second-order valence-corrected chi connectivity index (χ2v) is 5.26. The van der Waals surface area contributed by atoms with Crippen LogP contribution in [0.3, 0.4) is 0 Å². The van der Waals surface area contributed by atoms with Gasteiger partial charge in [0.2, 0.25) is 0 Å². The van der Waals surface area contributed by atoms with Gasteiger partial charge in [0.1, 0.15) is 0 Å². The van der Waals surface area contributed by atoms with Crippen molar-refractivity contribution in [1.29, 1.82) is 0 Å². The maximum Gasteiger partial charge on any atom is 0.306 e. The average Bonchev–Trinajstić information content (AvgIpc) is 2.31. The smallest absolute Gasteiger partial charge is 0.306 e. The van der Waals surface area contributed by atoms with Gasteiger partial charge < -0.3 is 9.47 Å². The second kappa shape index (κ2) is 8.40. The monoisotopic (exact) mass is 268 g/mol. The number of ether oxygens (including phenoxy) is 2. The maximum absolute atomic E-state index is 11.6. The van der Waals surface area contributed by atoms with Crippen molar-refractivity contribution in [3.8, 4) is 0 Å². The Labute approximate surface area is 102 Å².